The summed E-state index contributed by atoms with van der Waals surface area (Å²) in [5, 5.41) is 3.36. The third-order valence-corrected chi connectivity index (χ3v) is 2.76. The smallest absolute Gasteiger partial charge is 0.146 e. The van der Waals surface area contributed by atoms with Gasteiger partial charge in [-0.3, -0.25) is 4.98 Å². The molecule has 0 radical (unpaired) electrons. The maximum atomic E-state index is 5.80. The van der Waals surface area contributed by atoms with E-state index in [0.717, 1.165) is 29.4 Å². The number of nitrogens with one attached hydrogen (secondary N) is 1. The first-order valence-electron chi connectivity index (χ1n) is 6.66. The molecule has 0 bridgehead atoms. The summed E-state index contributed by atoms with van der Waals surface area (Å²) in [4.78, 5) is 4.21. The van der Waals surface area contributed by atoms with Crippen molar-refractivity contribution in [2.75, 3.05) is 7.11 Å². The average Bonchev–Trinajstić information content (AvgIpc) is 2.46. The lowest BCUT2D eigenvalue weighted by Crippen LogP contribution is -2.21. The van der Waals surface area contributed by atoms with Crippen molar-refractivity contribution in [1.29, 1.82) is 0 Å². The number of hydrogen-bond donors (Lipinski definition) is 1. The quantitative estimate of drug-likeness (QED) is 0.875. The molecule has 0 spiro atoms. The van der Waals surface area contributed by atoms with Crippen LogP contribution in [-0.2, 0) is 6.54 Å². The number of benzene rings is 1. The van der Waals surface area contributed by atoms with Crippen molar-refractivity contribution in [1.82, 2.24) is 10.3 Å². The molecule has 1 aromatic carbocycles. The minimum atomic E-state index is 0.443. The van der Waals surface area contributed by atoms with E-state index in [0.29, 0.717) is 6.04 Å². The van der Waals surface area contributed by atoms with Crippen LogP contribution in [0.15, 0.2) is 42.7 Å². The summed E-state index contributed by atoms with van der Waals surface area (Å²) in [5.74, 6) is 2.23. The first-order chi connectivity index (χ1) is 9.67. The van der Waals surface area contributed by atoms with Gasteiger partial charge in [-0.25, -0.2) is 0 Å². The Balaban J connectivity index is 2.06. The van der Waals surface area contributed by atoms with Crippen LogP contribution >= 0.6 is 0 Å². The topological polar surface area (TPSA) is 43.4 Å². The van der Waals surface area contributed by atoms with E-state index in [1.54, 1.807) is 13.3 Å². The zero-order valence-corrected chi connectivity index (χ0v) is 12.1. The number of pyridine rings is 1. The first-order valence-corrected chi connectivity index (χ1v) is 6.66. The lowest BCUT2D eigenvalue weighted by atomic mass is 10.2. The van der Waals surface area contributed by atoms with Gasteiger partial charge in [0.25, 0.3) is 0 Å². The summed E-state index contributed by atoms with van der Waals surface area (Å²) in [7, 11) is 1.64. The summed E-state index contributed by atoms with van der Waals surface area (Å²) in [5.41, 5.74) is 1.10. The highest BCUT2D eigenvalue weighted by molar-refractivity contribution is 5.36. The van der Waals surface area contributed by atoms with Gasteiger partial charge in [0.1, 0.15) is 17.2 Å². The molecule has 2 aromatic rings. The van der Waals surface area contributed by atoms with Crippen molar-refractivity contribution < 1.29 is 9.47 Å². The maximum Gasteiger partial charge on any atom is 0.146 e. The van der Waals surface area contributed by atoms with Crippen LogP contribution in [0.2, 0.25) is 0 Å². The number of rotatable bonds is 6. The largest absolute Gasteiger partial charge is 0.497 e. The molecular weight excluding hydrogens is 252 g/mol. The Morgan fingerprint density at radius 2 is 1.90 bits per heavy atom. The lowest BCUT2D eigenvalue weighted by Gasteiger charge is -2.10. The predicted molar refractivity (Wildman–Crippen MR) is 79.3 cm³/mol. The molecule has 4 heteroatoms. The molecule has 2 rings (SSSR count). The van der Waals surface area contributed by atoms with Crippen LogP contribution in [0.4, 0.5) is 0 Å². The van der Waals surface area contributed by atoms with E-state index < -0.39 is 0 Å². The predicted octanol–water partition coefficient (Wildman–Crippen LogP) is 3.38. The number of methoxy groups -OCH3 is 1. The van der Waals surface area contributed by atoms with E-state index in [4.69, 9.17) is 9.47 Å². The summed E-state index contributed by atoms with van der Waals surface area (Å²) in [6.45, 7) is 5.01. The van der Waals surface area contributed by atoms with E-state index in [1.165, 1.54) is 0 Å². The van der Waals surface area contributed by atoms with Gasteiger partial charge in [-0.2, -0.15) is 0 Å². The van der Waals surface area contributed by atoms with Crippen LogP contribution in [0.5, 0.6) is 17.2 Å². The van der Waals surface area contributed by atoms with Crippen LogP contribution in [-0.4, -0.2) is 18.1 Å². The van der Waals surface area contributed by atoms with Gasteiger partial charge in [0.2, 0.25) is 0 Å². The molecule has 4 nitrogen and oxygen atoms in total. The third-order valence-electron chi connectivity index (χ3n) is 2.76. The standard InChI is InChI=1S/C16H20N2O2/c1-12(2)18-10-13-7-16(11-17-9-13)20-15-6-4-5-14(8-15)19-3/h4-9,11-12,18H,10H2,1-3H3. The molecular formula is C16H20N2O2. The van der Waals surface area contributed by atoms with Gasteiger partial charge in [0.15, 0.2) is 0 Å². The second kappa shape index (κ2) is 6.91. The van der Waals surface area contributed by atoms with Gasteiger partial charge < -0.3 is 14.8 Å². The zero-order chi connectivity index (χ0) is 14.4. The van der Waals surface area contributed by atoms with Crippen LogP contribution in [0.25, 0.3) is 0 Å². The van der Waals surface area contributed by atoms with Crippen LogP contribution in [0.3, 0.4) is 0 Å². The van der Waals surface area contributed by atoms with Crippen molar-refractivity contribution >= 4 is 0 Å². The molecule has 0 saturated carbocycles. The summed E-state index contributed by atoms with van der Waals surface area (Å²) in [6, 6.07) is 9.94. The van der Waals surface area contributed by atoms with E-state index in [2.05, 4.69) is 24.1 Å². The highest BCUT2D eigenvalue weighted by Crippen LogP contribution is 2.25. The lowest BCUT2D eigenvalue weighted by molar-refractivity contribution is 0.409. The fourth-order valence-electron chi connectivity index (χ4n) is 1.74. The maximum absolute atomic E-state index is 5.80. The fraction of sp³-hybridized carbons (Fsp3) is 0.312. The molecule has 106 valence electrons. The molecule has 1 aromatic heterocycles. The van der Waals surface area contributed by atoms with Crippen molar-refractivity contribution in [3.8, 4) is 17.2 Å². The number of nitrogens with zero attached hydrogens (tertiary/aromatic N) is 1. The highest BCUT2D eigenvalue weighted by Gasteiger charge is 2.02. The Kier molecular flexibility index (Phi) is 4.96. The van der Waals surface area contributed by atoms with Crippen LogP contribution < -0.4 is 14.8 Å². The molecule has 0 amide bonds. The SMILES string of the molecule is COc1cccc(Oc2cncc(CNC(C)C)c2)c1. The molecule has 0 aliphatic carbocycles. The molecule has 0 fully saturated rings. The monoisotopic (exact) mass is 272 g/mol. The molecule has 1 N–H and O–H groups in total. The summed E-state index contributed by atoms with van der Waals surface area (Å²) < 4.78 is 11.0. The molecule has 0 unspecified atom stereocenters. The fourth-order valence-corrected chi connectivity index (χ4v) is 1.74. The van der Waals surface area contributed by atoms with Crippen molar-refractivity contribution in [3.05, 3.63) is 48.3 Å². The number of aromatic nitrogens is 1. The van der Waals surface area contributed by atoms with Gasteiger partial charge in [-0.05, 0) is 23.8 Å². The Morgan fingerprint density at radius 1 is 1.10 bits per heavy atom. The Bertz CT molecular complexity index is 556. The van der Waals surface area contributed by atoms with E-state index in [-0.39, 0.29) is 0 Å². The van der Waals surface area contributed by atoms with Crippen molar-refractivity contribution in [3.63, 3.8) is 0 Å². The average molecular weight is 272 g/mol. The summed E-state index contributed by atoms with van der Waals surface area (Å²) >= 11 is 0. The van der Waals surface area contributed by atoms with Crippen LogP contribution in [0.1, 0.15) is 19.4 Å². The van der Waals surface area contributed by atoms with E-state index in [1.807, 2.05) is 36.5 Å². The molecule has 0 atom stereocenters. The minimum absolute atomic E-state index is 0.443. The summed E-state index contributed by atoms with van der Waals surface area (Å²) in [6.07, 6.45) is 3.55. The second-order valence-electron chi connectivity index (χ2n) is 4.85. The zero-order valence-electron chi connectivity index (χ0n) is 12.1. The first kappa shape index (κ1) is 14.3. The van der Waals surface area contributed by atoms with E-state index >= 15 is 0 Å². The molecule has 0 saturated heterocycles. The minimum Gasteiger partial charge on any atom is -0.497 e. The van der Waals surface area contributed by atoms with Gasteiger partial charge >= 0.3 is 0 Å². The van der Waals surface area contributed by atoms with Gasteiger partial charge in [0, 0.05) is 24.8 Å². The molecule has 1 heterocycles. The Hall–Kier alpha value is -2.07. The third kappa shape index (κ3) is 4.24. The van der Waals surface area contributed by atoms with Crippen molar-refractivity contribution in [2.24, 2.45) is 0 Å². The highest BCUT2D eigenvalue weighted by atomic mass is 16.5. The number of hydrogen-bond acceptors (Lipinski definition) is 4. The van der Waals surface area contributed by atoms with Gasteiger partial charge in [0.05, 0.1) is 13.3 Å². The Morgan fingerprint density at radius 3 is 2.65 bits per heavy atom. The molecule has 20 heavy (non-hydrogen) atoms. The molecule has 0 aliphatic heterocycles. The number of ether oxygens (including phenoxy) is 2. The van der Waals surface area contributed by atoms with Gasteiger partial charge in [-0.15, -0.1) is 0 Å². The Labute approximate surface area is 119 Å². The molecule has 0 aliphatic rings. The normalized spacial score (nSPS) is 10.6. The second-order valence-corrected chi connectivity index (χ2v) is 4.85. The van der Waals surface area contributed by atoms with Gasteiger partial charge in [-0.1, -0.05) is 19.9 Å². The van der Waals surface area contributed by atoms with E-state index in [9.17, 15) is 0 Å². The van der Waals surface area contributed by atoms with Crippen LogP contribution in [0, 0.1) is 0 Å². The van der Waals surface area contributed by atoms with Crippen molar-refractivity contribution in [2.45, 2.75) is 26.4 Å².